The molecular formula is C28H19BrF3N3O3S. The molecule has 1 aromatic heterocycles. The first-order valence-electron chi connectivity index (χ1n) is 11.6. The molecule has 11 heteroatoms. The second-order valence-electron chi connectivity index (χ2n) is 8.75. The van der Waals surface area contributed by atoms with E-state index in [-0.39, 0.29) is 10.6 Å². The molecule has 0 unspecified atom stereocenters. The fourth-order valence-electron chi connectivity index (χ4n) is 4.20. The molecule has 5 rings (SSSR count). The topological polar surface area (TPSA) is 71.4 Å². The standard InChI is InChI=1S/C28H19BrF3N3O3S/c29-20-10-8-17(9-11-20)14-34-15-18(22-6-1-2-7-23(22)34)12-24-26(37)35(27(38)39-24)16-25(36)33-21-5-3-4-19(13-21)28(30,31)32/h1-13,15H,14,16H2,(H,33,36)/b24-12-. The van der Waals surface area contributed by atoms with Crippen LogP contribution in [-0.2, 0) is 22.3 Å². The Bertz CT molecular complexity index is 1630. The van der Waals surface area contributed by atoms with Gasteiger partial charge < -0.3 is 9.88 Å². The van der Waals surface area contributed by atoms with Crippen LogP contribution in [0.25, 0.3) is 17.0 Å². The number of carbonyl (C=O) groups is 3. The Morgan fingerprint density at radius 2 is 1.74 bits per heavy atom. The van der Waals surface area contributed by atoms with Crippen LogP contribution in [0, 0.1) is 0 Å². The summed E-state index contributed by atoms with van der Waals surface area (Å²) >= 11 is 4.14. The number of alkyl halides is 3. The van der Waals surface area contributed by atoms with Crippen LogP contribution in [0.15, 0.2) is 88.4 Å². The number of benzene rings is 3. The molecule has 0 radical (unpaired) electrons. The molecule has 6 nitrogen and oxygen atoms in total. The fraction of sp³-hybridized carbons (Fsp3) is 0.107. The van der Waals surface area contributed by atoms with E-state index in [9.17, 15) is 27.6 Å². The van der Waals surface area contributed by atoms with Crippen LogP contribution in [0.5, 0.6) is 0 Å². The number of nitrogens with one attached hydrogen (secondary N) is 1. The molecule has 198 valence electrons. The SMILES string of the molecule is O=C(CN1C(=O)S/C(=C\c2cn(Cc3ccc(Br)cc3)c3ccccc23)C1=O)Nc1cccc(C(F)(F)F)c1. The zero-order valence-corrected chi connectivity index (χ0v) is 22.4. The molecule has 39 heavy (non-hydrogen) atoms. The van der Waals surface area contributed by atoms with Gasteiger partial charge in [-0.05, 0) is 59.8 Å². The van der Waals surface area contributed by atoms with Gasteiger partial charge in [-0.1, -0.05) is 52.3 Å². The summed E-state index contributed by atoms with van der Waals surface area (Å²) in [5.41, 5.74) is 1.76. The zero-order chi connectivity index (χ0) is 27.7. The molecule has 0 aliphatic carbocycles. The van der Waals surface area contributed by atoms with E-state index in [1.165, 1.54) is 6.07 Å². The molecule has 4 aromatic rings. The number of carbonyl (C=O) groups excluding carboxylic acids is 3. The van der Waals surface area contributed by atoms with Gasteiger partial charge >= 0.3 is 6.18 Å². The van der Waals surface area contributed by atoms with Crippen molar-refractivity contribution in [2.24, 2.45) is 0 Å². The van der Waals surface area contributed by atoms with Crippen LogP contribution in [0.3, 0.4) is 0 Å². The summed E-state index contributed by atoms with van der Waals surface area (Å²) in [6, 6.07) is 19.8. The monoisotopic (exact) mass is 613 g/mol. The van der Waals surface area contributed by atoms with Crippen molar-refractivity contribution in [1.82, 2.24) is 9.47 Å². The van der Waals surface area contributed by atoms with Gasteiger partial charge in [0.1, 0.15) is 6.54 Å². The van der Waals surface area contributed by atoms with E-state index in [1.54, 1.807) is 6.08 Å². The van der Waals surface area contributed by atoms with Gasteiger partial charge in [-0.2, -0.15) is 13.2 Å². The smallest absolute Gasteiger partial charge is 0.342 e. The average Bonchev–Trinajstić information content (AvgIpc) is 3.37. The molecule has 1 aliphatic heterocycles. The highest BCUT2D eigenvalue weighted by Crippen LogP contribution is 2.35. The van der Waals surface area contributed by atoms with E-state index in [0.29, 0.717) is 18.3 Å². The Balaban J connectivity index is 1.34. The maximum atomic E-state index is 13.0. The van der Waals surface area contributed by atoms with Crippen molar-refractivity contribution in [3.05, 3.63) is 105 Å². The zero-order valence-electron chi connectivity index (χ0n) is 20.0. The third-order valence-corrected chi connectivity index (χ3v) is 7.46. The lowest BCUT2D eigenvalue weighted by Crippen LogP contribution is -2.36. The Kier molecular flexibility index (Phi) is 7.37. The quantitative estimate of drug-likeness (QED) is 0.235. The number of anilines is 1. The Labute approximate surface area is 233 Å². The molecule has 1 fully saturated rings. The minimum atomic E-state index is -4.57. The third kappa shape index (κ3) is 5.94. The van der Waals surface area contributed by atoms with Gasteiger partial charge in [-0.15, -0.1) is 0 Å². The predicted molar refractivity (Wildman–Crippen MR) is 148 cm³/mol. The summed E-state index contributed by atoms with van der Waals surface area (Å²) < 4.78 is 41.9. The number of amides is 3. The van der Waals surface area contributed by atoms with Crippen LogP contribution in [0.2, 0.25) is 0 Å². The van der Waals surface area contributed by atoms with Crippen molar-refractivity contribution in [2.75, 3.05) is 11.9 Å². The van der Waals surface area contributed by atoms with Crippen LogP contribution in [0.4, 0.5) is 23.7 Å². The van der Waals surface area contributed by atoms with Gasteiger partial charge in [0.15, 0.2) is 0 Å². The highest BCUT2D eigenvalue weighted by molar-refractivity contribution is 9.10. The number of halogens is 4. The minimum absolute atomic E-state index is 0.0871. The number of nitrogens with zero attached hydrogens (tertiary/aromatic N) is 2. The highest BCUT2D eigenvalue weighted by Gasteiger charge is 2.36. The van der Waals surface area contributed by atoms with Crippen LogP contribution in [-0.4, -0.2) is 33.1 Å². The first-order chi connectivity index (χ1) is 18.6. The number of imide groups is 1. The molecule has 3 aromatic carbocycles. The molecular weight excluding hydrogens is 595 g/mol. The highest BCUT2D eigenvalue weighted by atomic mass is 79.9. The van der Waals surface area contributed by atoms with E-state index in [1.807, 2.05) is 54.7 Å². The Morgan fingerprint density at radius 1 is 1.00 bits per heavy atom. The first-order valence-corrected chi connectivity index (χ1v) is 13.2. The number of rotatable bonds is 6. The molecule has 0 spiro atoms. The molecule has 2 heterocycles. The predicted octanol–water partition coefficient (Wildman–Crippen LogP) is 7.15. The van der Waals surface area contributed by atoms with Gasteiger partial charge in [-0.3, -0.25) is 19.3 Å². The first kappa shape index (κ1) is 26.8. The number of thioether (sulfide) groups is 1. The number of aromatic nitrogens is 1. The normalized spacial score (nSPS) is 15.0. The van der Waals surface area contributed by atoms with E-state index >= 15 is 0 Å². The summed E-state index contributed by atoms with van der Waals surface area (Å²) in [5, 5.41) is 2.58. The van der Waals surface area contributed by atoms with E-state index in [0.717, 1.165) is 49.6 Å². The third-order valence-electron chi connectivity index (χ3n) is 6.02. The van der Waals surface area contributed by atoms with Crippen molar-refractivity contribution in [1.29, 1.82) is 0 Å². The van der Waals surface area contributed by atoms with Crippen LogP contribution >= 0.6 is 27.7 Å². The van der Waals surface area contributed by atoms with Crippen molar-refractivity contribution < 1.29 is 27.6 Å². The van der Waals surface area contributed by atoms with Crippen LogP contribution < -0.4 is 5.32 Å². The average molecular weight is 614 g/mol. The molecule has 0 saturated carbocycles. The van der Waals surface area contributed by atoms with Crippen molar-refractivity contribution in [3.63, 3.8) is 0 Å². The molecule has 3 amide bonds. The van der Waals surface area contributed by atoms with Gasteiger partial charge in [0, 0.05) is 39.4 Å². The lowest BCUT2D eigenvalue weighted by atomic mass is 10.1. The summed E-state index contributed by atoms with van der Waals surface area (Å²) in [4.78, 5) is 39.0. The van der Waals surface area contributed by atoms with E-state index in [2.05, 4.69) is 25.8 Å². The van der Waals surface area contributed by atoms with E-state index < -0.39 is 35.3 Å². The molecule has 1 N–H and O–H groups in total. The molecule has 1 saturated heterocycles. The molecule has 0 atom stereocenters. The summed E-state index contributed by atoms with van der Waals surface area (Å²) in [5.74, 6) is -1.43. The maximum absolute atomic E-state index is 13.0. The Hall–Kier alpha value is -3.83. The lowest BCUT2D eigenvalue weighted by Gasteiger charge is -2.13. The van der Waals surface area contributed by atoms with Crippen molar-refractivity contribution in [3.8, 4) is 0 Å². The molecule has 0 bridgehead atoms. The summed E-state index contributed by atoms with van der Waals surface area (Å²) in [7, 11) is 0. The van der Waals surface area contributed by atoms with E-state index in [4.69, 9.17) is 0 Å². The lowest BCUT2D eigenvalue weighted by molar-refractivity contribution is -0.137. The second kappa shape index (κ2) is 10.7. The maximum Gasteiger partial charge on any atom is 0.416 e. The van der Waals surface area contributed by atoms with Gasteiger partial charge in [0.25, 0.3) is 11.1 Å². The summed E-state index contributed by atoms with van der Waals surface area (Å²) in [6.07, 6.45) is -1.05. The van der Waals surface area contributed by atoms with Gasteiger partial charge in [0.05, 0.1) is 10.5 Å². The van der Waals surface area contributed by atoms with Crippen LogP contribution in [0.1, 0.15) is 16.7 Å². The Morgan fingerprint density at radius 3 is 2.49 bits per heavy atom. The summed E-state index contributed by atoms with van der Waals surface area (Å²) in [6.45, 7) is -0.0254. The minimum Gasteiger partial charge on any atom is -0.342 e. The molecule has 1 aliphatic rings. The number of hydrogen-bond acceptors (Lipinski definition) is 4. The van der Waals surface area contributed by atoms with Gasteiger partial charge in [-0.25, -0.2) is 0 Å². The largest absolute Gasteiger partial charge is 0.416 e. The number of hydrogen-bond donors (Lipinski definition) is 1. The van der Waals surface area contributed by atoms with Crippen molar-refractivity contribution in [2.45, 2.75) is 12.7 Å². The second-order valence-corrected chi connectivity index (χ2v) is 10.7. The van der Waals surface area contributed by atoms with Gasteiger partial charge in [0.2, 0.25) is 5.91 Å². The number of para-hydroxylation sites is 1. The number of fused-ring (bicyclic) bond motifs is 1. The van der Waals surface area contributed by atoms with Crippen molar-refractivity contribution >= 4 is 67.4 Å². The fourth-order valence-corrected chi connectivity index (χ4v) is 5.30.